The highest BCUT2D eigenvalue weighted by atomic mass is 31.2. The first kappa shape index (κ1) is 94.8. The van der Waals surface area contributed by atoms with Crippen LogP contribution in [-0.2, 0) is 65.4 Å². The Morgan fingerprint density at radius 3 is 0.776 bits per heavy atom. The highest BCUT2D eigenvalue weighted by molar-refractivity contribution is 7.47. The second-order valence-electron chi connectivity index (χ2n) is 26.7. The molecule has 19 heteroatoms. The topological polar surface area (TPSA) is 237 Å². The number of rotatable bonds is 75. The summed E-state index contributed by atoms with van der Waals surface area (Å²) in [5.74, 6) is -2.19. The lowest BCUT2D eigenvalue weighted by Crippen LogP contribution is -2.30. The number of aliphatic hydroxyl groups excluding tert-OH is 1. The highest BCUT2D eigenvalue weighted by Crippen LogP contribution is 2.45. The van der Waals surface area contributed by atoms with Gasteiger partial charge in [0.1, 0.15) is 19.3 Å². The second-order valence-corrected chi connectivity index (χ2v) is 29.6. The number of carbonyl (C=O) groups excluding carboxylic acids is 4. The third-order valence-electron chi connectivity index (χ3n) is 17.0. The standard InChI is InChI=1S/C79H144O17P2/c1-5-9-13-17-21-25-29-33-36-40-44-48-52-56-60-64-77(82)90-70-75(96-79(84)66-62-58-54-50-46-42-38-35-31-27-23-19-15-11-7-3)72-94-98(87,88)92-68-73(80)67-91-97(85,86)93-71-74(69-89-76(81)63-59-55-51-47-43-39-32-28-24-20-16-12-8-4)95-78(83)65-61-57-53-49-45-41-37-34-30-26-22-18-14-10-6-2/h26,28,30,32-38,73-75,80H,5-25,27,29,31,39-72H2,1-4H3,(H,85,86)(H,87,88)/b30-26-,32-28-,36-33-,37-34-,38-35-/t73-,74+,75+/m0/s1. The Labute approximate surface area is 597 Å². The molecule has 3 N–H and O–H groups in total. The smallest absolute Gasteiger partial charge is 0.462 e. The molecule has 0 radical (unpaired) electrons. The molecule has 0 aliphatic rings. The van der Waals surface area contributed by atoms with Gasteiger partial charge in [0.25, 0.3) is 0 Å². The predicted octanol–water partition coefficient (Wildman–Crippen LogP) is 22.7. The van der Waals surface area contributed by atoms with Gasteiger partial charge >= 0.3 is 39.5 Å². The van der Waals surface area contributed by atoms with E-state index in [-0.39, 0.29) is 25.7 Å². The molecule has 5 atom stereocenters. The number of hydrogen-bond donors (Lipinski definition) is 3. The maximum Gasteiger partial charge on any atom is 0.472 e. The molecule has 0 bridgehead atoms. The number of phosphoric acid groups is 2. The summed E-state index contributed by atoms with van der Waals surface area (Å²) in [5, 5.41) is 10.6. The minimum Gasteiger partial charge on any atom is -0.462 e. The predicted molar refractivity (Wildman–Crippen MR) is 400 cm³/mol. The fourth-order valence-electron chi connectivity index (χ4n) is 10.8. The van der Waals surface area contributed by atoms with Gasteiger partial charge in [-0.05, 0) is 128 Å². The highest BCUT2D eigenvalue weighted by Gasteiger charge is 2.30. The molecule has 0 rings (SSSR count). The number of phosphoric ester groups is 2. The lowest BCUT2D eigenvalue weighted by molar-refractivity contribution is -0.161. The zero-order valence-electron chi connectivity index (χ0n) is 62.5. The zero-order chi connectivity index (χ0) is 71.8. The van der Waals surface area contributed by atoms with Crippen LogP contribution >= 0.6 is 15.6 Å². The lowest BCUT2D eigenvalue weighted by Gasteiger charge is -2.21. The van der Waals surface area contributed by atoms with Crippen molar-refractivity contribution in [1.29, 1.82) is 0 Å². The second kappa shape index (κ2) is 72.1. The van der Waals surface area contributed by atoms with Crippen LogP contribution in [0.3, 0.4) is 0 Å². The Bertz CT molecular complexity index is 2100. The van der Waals surface area contributed by atoms with Gasteiger partial charge in [0.2, 0.25) is 0 Å². The van der Waals surface area contributed by atoms with Gasteiger partial charge in [-0.3, -0.25) is 37.3 Å². The van der Waals surface area contributed by atoms with Gasteiger partial charge in [0.15, 0.2) is 12.2 Å². The van der Waals surface area contributed by atoms with Crippen molar-refractivity contribution in [3.8, 4) is 0 Å². The van der Waals surface area contributed by atoms with Gasteiger partial charge in [-0.2, -0.15) is 0 Å². The Kier molecular flexibility index (Phi) is 69.7. The normalized spacial score (nSPS) is 14.2. The number of unbranched alkanes of at least 4 members (excludes halogenated alkanes) is 40. The van der Waals surface area contributed by atoms with Crippen molar-refractivity contribution in [3.05, 3.63) is 60.8 Å². The number of allylic oxidation sites excluding steroid dienone is 10. The van der Waals surface area contributed by atoms with Crippen molar-refractivity contribution < 1.29 is 80.2 Å². The van der Waals surface area contributed by atoms with Gasteiger partial charge in [-0.25, -0.2) is 9.13 Å². The summed E-state index contributed by atoms with van der Waals surface area (Å²) in [7, 11) is -9.95. The van der Waals surface area contributed by atoms with Crippen LogP contribution in [0.2, 0.25) is 0 Å². The van der Waals surface area contributed by atoms with E-state index < -0.39 is 97.5 Å². The lowest BCUT2D eigenvalue weighted by atomic mass is 10.1. The summed E-state index contributed by atoms with van der Waals surface area (Å²) in [6, 6.07) is 0. The average Bonchev–Trinajstić information content (AvgIpc) is 1.05. The van der Waals surface area contributed by atoms with E-state index in [1.807, 2.05) is 0 Å². The molecule has 0 fully saturated rings. The molecule has 0 spiro atoms. The van der Waals surface area contributed by atoms with E-state index in [1.165, 1.54) is 128 Å². The van der Waals surface area contributed by atoms with E-state index >= 15 is 0 Å². The molecule has 98 heavy (non-hydrogen) atoms. The molecule has 0 aliphatic carbocycles. The minimum atomic E-state index is -4.97. The van der Waals surface area contributed by atoms with Crippen LogP contribution in [-0.4, -0.2) is 96.7 Å². The first-order chi connectivity index (χ1) is 47.7. The van der Waals surface area contributed by atoms with Crippen molar-refractivity contribution in [2.75, 3.05) is 39.6 Å². The van der Waals surface area contributed by atoms with Crippen molar-refractivity contribution in [1.82, 2.24) is 0 Å². The first-order valence-electron chi connectivity index (χ1n) is 39.5. The Morgan fingerprint density at radius 2 is 0.500 bits per heavy atom. The van der Waals surface area contributed by atoms with Crippen molar-refractivity contribution in [2.45, 2.75) is 380 Å². The van der Waals surface area contributed by atoms with Gasteiger partial charge in [-0.15, -0.1) is 0 Å². The molecule has 0 saturated heterocycles. The van der Waals surface area contributed by atoms with E-state index in [2.05, 4.69) is 88.5 Å². The van der Waals surface area contributed by atoms with Crippen molar-refractivity contribution >= 4 is 39.5 Å². The van der Waals surface area contributed by atoms with Crippen LogP contribution in [0.5, 0.6) is 0 Å². The van der Waals surface area contributed by atoms with Crippen LogP contribution in [0.1, 0.15) is 362 Å². The largest absolute Gasteiger partial charge is 0.472 e. The van der Waals surface area contributed by atoms with Gasteiger partial charge in [-0.1, -0.05) is 268 Å². The molecule has 0 amide bonds. The molecule has 2 unspecified atom stereocenters. The molecule has 0 aromatic carbocycles. The molecular weight excluding hydrogens is 1280 g/mol. The molecule has 0 aromatic heterocycles. The van der Waals surface area contributed by atoms with E-state index in [9.17, 15) is 43.2 Å². The summed E-state index contributed by atoms with van der Waals surface area (Å²) < 4.78 is 68.5. The molecule has 17 nitrogen and oxygen atoms in total. The molecule has 572 valence electrons. The molecular formula is C79H144O17P2. The van der Waals surface area contributed by atoms with Crippen LogP contribution in [0, 0.1) is 0 Å². The van der Waals surface area contributed by atoms with E-state index in [1.54, 1.807) is 0 Å². The number of ether oxygens (including phenoxy) is 4. The van der Waals surface area contributed by atoms with Crippen LogP contribution in [0.15, 0.2) is 60.8 Å². The Balaban J connectivity index is 5.35. The molecule has 0 aromatic rings. The van der Waals surface area contributed by atoms with Crippen LogP contribution < -0.4 is 0 Å². The molecule has 0 heterocycles. The summed E-state index contributed by atoms with van der Waals surface area (Å²) in [4.78, 5) is 72.9. The number of esters is 4. The van der Waals surface area contributed by atoms with Crippen molar-refractivity contribution in [2.24, 2.45) is 0 Å². The van der Waals surface area contributed by atoms with Crippen LogP contribution in [0.4, 0.5) is 0 Å². The van der Waals surface area contributed by atoms with E-state index in [4.69, 9.17) is 37.0 Å². The fourth-order valence-corrected chi connectivity index (χ4v) is 12.4. The van der Waals surface area contributed by atoms with Gasteiger partial charge in [0.05, 0.1) is 26.4 Å². The summed E-state index contributed by atoms with van der Waals surface area (Å²) >= 11 is 0. The maximum absolute atomic E-state index is 13.1. The Morgan fingerprint density at radius 1 is 0.286 bits per heavy atom. The summed E-state index contributed by atoms with van der Waals surface area (Å²) in [5.41, 5.74) is 0. The van der Waals surface area contributed by atoms with E-state index in [0.717, 1.165) is 154 Å². The van der Waals surface area contributed by atoms with Gasteiger partial charge in [0, 0.05) is 25.7 Å². The van der Waals surface area contributed by atoms with Gasteiger partial charge < -0.3 is 33.8 Å². The van der Waals surface area contributed by atoms with Crippen LogP contribution in [0.25, 0.3) is 0 Å². The monoisotopic (exact) mass is 1430 g/mol. The fraction of sp³-hybridized carbons (Fsp3) is 0.823. The number of hydrogen-bond acceptors (Lipinski definition) is 15. The van der Waals surface area contributed by atoms with Crippen molar-refractivity contribution in [3.63, 3.8) is 0 Å². The SMILES string of the molecule is CCCCCC/C=C\C=C/CCCCCCCC(=O)O[C@H](COC(=O)CCCCCCC/C=C\CCCCCC)COP(=O)(O)OC[C@H](O)COP(=O)(O)OC[C@@H](COC(=O)CCCCCCC/C=C\CCCCCCCC)OC(=O)CCCCCCC/C=C\CCCCCCCC. The number of aliphatic hydroxyl groups is 1. The quantitative estimate of drug-likeness (QED) is 0.0128. The molecule has 0 aliphatic heterocycles. The number of carbonyl (C=O) groups is 4. The Hall–Kier alpha value is -3.24. The maximum atomic E-state index is 13.1. The third-order valence-corrected chi connectivity index (χ3v) is 18.9. The third kappa shape index (κ3) is 71.2. The summed E-state index contributed by atoms with van der Waals surface area (Å²) in [6.07, 6.45) is 70.5. The average molecular weight is 1430 g/mol. The minimum absolute atomic E-state index is 0.0791. The first-order valence-corrected chi connectivity index (χ1v) is 42.5. The van der Waals surface area contributed by atoms with E-state index in [0.29, 0.717) is 25.7 Å². The molecule has 0 saturated carbocycles. The zero-order valence-corrected chi connectivity index (χ0v) is 64.3. The summed E-state index contributed by atoms with van der Waals surface area (Å²) in [6.45, 7) is 4.84.